The van der Waals surface area contributed by atoms with Crippen LogP contribution in [0.25, 0.3) is 5.76 Å². The third kappa shape index (κ3) is 3.59. The summed E-state index contributed by atoms with van der Waals surface area (Å²) >= 11 is 0. The molecule has 3 aromatic rings. The van der Waals surface area contributed by atoms with Crippen LogP contribution in [0.3, 0.4) is 0 Å². The Hall–Kier alpha value is -4.20. The monoisotopic (exact) mass is 418 g/mol. The number of rotatable bonds is 5. The second-order valence-corrected chi connectivity index (χ2v) is 7.19. The molecule has 1 N–H and O–H groups in total. The van der Waals surface area contributed by atoms with Gasteiger partial charge in [0.1, 0.15) is 11.5 Å². The summed E-state index contributed by atoms with van der Waals surface area (Å²) in [6.07, 6.45) is 1.43. The van der Waals surface area contributed by atoms with Crippen molar-refractivity contribution < 1.29 is 24.0 Å². The lowest BCUT2D eigenvalue weighted by atomic mass is 9.94. The van der Waals surface area contributed by atoms with Gasteiger partial charge in [-0.1, -0.05) is 42.0 Å². The number of nitro benzene ring substituents is 1. The molecule has 0 bridgehead atoms. The molecule has 1 saturated heterocycles. The largest absolute Gasteiger partial charge is 0.507 e. The first-order valence-corrected chi connectivity index (χ1v) is 9.49. The summed E-state index contributed by atoms with van der Waals surface area (Å²) in [7, 11) is 0. The maximum absolute atomic E-state index is 13.0. The molecule has 1 unspecified atom stereocenters. The molecule has 0 radical (unpaired) electrons. The van der Waals surface area contributed by atoms with E-state index in [0.717, 1.165) is 5.56 Å². The number of hydrogen-bond acceptors (Lipinski definition) is 6. The van der Waals surface area contributed by atoms with Crippen LogP contribution in [0.4, 0.5) is 5.69 Å². The van der Waals surface area contributed by atoms with Crippen LogP contribution >= 0.6 is 0 Å². The normalized spacial score (nSPS) is 17.8. The number of aryl methyl sites for hydroxylation is 1. The van der Waals surface area contributed by atoms with Crippen LogP contribution in [0.1, 0.15) is 28.5 Å². The molecule has 1 aliphatic rings. The number of ketones is 1. The van der Waals surface area contributed by atoms with E-state index in [4.69, 9.17) is 4.42 Å². The van der Waals surface area contributed by atoms with Crippen molar-refractivity contribution in [3.8, 4) is 0 Å². The van der Waals surface area contributed by atoms with Crippen LogP contribution in [-0.4, -0.2) is 26.6 Å². The highest BCUT2D eigenvalue weighted by Gasteiger charge is 2.48. The predicted octanol–water partition coefficient (Wildman–Crippen LogP) is 4.12. The van der Waals surface area contributed by atoms with E-state index in [0.29, 0.717) is 11.3 Å². The standard InChI is InChI=1S/C23H18N2O6/c1-14-8-10-15(11-9-14)21(26)19-20(17-6-2-3-7-18(17)25(29)30)24(23(28)22(19)27)13-16-5-4-12-31-16/h2-12,20,26H,13H2,1H3/b21-19+. The predicted molar refractivity (Wildman–Crippen MR) is 111 cm³/mol. The van der Waals surface area contributed by atoms with Crippen molar-refractivity contribution in [2.24, 2.45) is 0 Å². The highest BCUT2D eigenvalue weighted by molar-refractivity contribution is 6.46. The van der Waals surface area contributed by atoms with Crippen LogP contribution < -0.4 is 0 Å². The number of carbonyl (C=O) groups excluding carboxylic acids is 2. The number of amides is 1. The van der Waals surface area contributed by atoms with Crippen molar-refractivity contribution in [3.63, 3.8) is 0 Å². The summed E-state index contributed by atoms with van der Waals surface area (Å²) in [5.74, 6) is -1.76. The zero-order valence-electron chi connectivity index (χ0n) is 16.5. The number of nitrogens with zero attached hydrogens (tertiary/aromatic N) is 2. The molecule has 1 aliphatic heterocycles. The van der Waals surface area contributed by atoms with Crippen molar-refractivity contribution in [1.82, 2.24) is 4.90 Å². The van der Waals surface area contributed by atoms with E-state index >= 15 is 0 Å². The van der Waals surface area contributed by atoms with E-state index in [9.17, 15) is 24.8 Å². The number of benzene rings is 2. The lowest BCUT2D eigenvalue weighted by Gasteiger charge is -2.24. The van der Waals surface area contributed by atoms with Gasteiger partial charge >= 0.3 is 0 Å². The molecule has 2 aromatic carbocycles. The zero-order chi connectivity index (χ0) is 22.1. The number of likely N-dealkylation sites (tertiary alicyclic amines) is 1. The number of furan rings is 1. The van der Waals surface area contributed by atoms with Crippen molar-refractivity contribution in [3.05, 3.63) is 105 Å². The second-order valence-electron chi connectivity index (χ2n) is 7.19. The molecule has 4 rings (SSSR count). The molecule has 0 saturated carbocycles. The third-order valence-electron chi connectivity index (χ3n) is 5.20. The van der Waals surface area contributed by atoms with Gasteiger partial charge in [0, 0.05) is 11.6 Å². The molecule has 31 heavy (non-hydrogen) atoms. The number of aliphatic hydroxyl groups excluding tert-OH is 1. The molecule has 2 heterocycles. The lowest BCUT2D eigenvalue weighted by Crippen LogP contribution is -2.29. The first-order chi connectivity index (χ1) is 14.9. The summed E-state index contributed by atoms with van der Waals surface area (Å²) in [6.45, 7) is 1.79. The number of nitro groups is 1. The van der Waals surface area contributed by atoms with Gasteiger partial charge < -0.3 is 14.4 Å². The Morgan fingerprint density at radius 1 is 1.10 bits per heavy atom. The first-order valence-electron chi connectivity index (χ1n) is 9.49. The summed E-state index contributed by atoms with van der Waals surface area (Å²) in [4.78, 5) is 38.2. The van der Waals surface area contributed by atoms with Gasteiger partial charge in [-0.2, -0.15) is 0 Å². The van der Waals surface area contributed by atoms with Crippen LogP contribution in [0, 0.1) is 17.0 Å². The fourth-order valence-electron chi connectivity index (χ4n) is 3.69. The number of para-hydroxylation sites is 1. The maximum atomic E-state index is 13.0. The van der Waals surface area contributed by atoms with Crippen molar-refractivity contribution in [2.75, 3.05) is 0 Å². The minimum Gasteiger partial charge on any atom is -0.507 e. The Bertz CT molecular complexity index is 1200. The molecule has 8 heteroatoms. The maximum Gasteiger partial charge on any atom is 0.296 e. The van der Waals surface area contributed by atoms with Gasteiger partial charge in [-0.25, -0.2) is 0 Å². The Morgan fingerprint density at radius 2 is 1.81 bits per heavy atom. The van der Waals surface area contributed by atoms with E-state index in [-0.39, 0.29) is 29.1 Å². The Labute approximate surface area is 177 Å². The average molecular weight is 418 g/mol. The van der Waals surface area contributed by atoms with Gasteiger partial charge in [0.15, 0.2) is 0 Å². The molecule has 8 nitrogen and oxygen atoms in total. The second kappa shape index (κ2) is 7.91. The summed E-state index contributed by atoms with van der Waals surface area (Å²) < 4.78 is 5.32. The topological polar surface area (TPSA) is 114 Å². The van der Waals surface area contributed by atoms with Gasteiger partial charge in [-0.15, -0.1) is 0 Å². The van der Waals surface area contributed by atoms with Gasteiger partial charge in [0.2, 0.25) is 0 Å². The number of hydrogen-bond donors (Lipinski definition) is 1. The van der Waals surface area contributed by atoms with Crippen molar-refractivity contribution in [1.29, 1.82) is 0 Å². The summed E-state index contributed by atoms with van der Waals surface area (Å²) in [6, 6.07) is 14.8. The van der Waals surface area contributed by atoms with Crippen molar-refractivity contribution >= 4 is 23.1 Å². The van der Waals surface area contributed by atoms with Crippen LogP contribution in [0.15, 0.2) is 76.9 Å². The molecule has 1 aromatic heterocycles. The average Bonchev–Trinajstić information content (AvgIpc) is 3.36. The molecular formula is C23H18N2O6. The number of carbonyl (C=O) groups is 2. The van der Waals surface area contributed by atoms with E-state index in [2.05, 4.69) is 0 Å². The van der Waals surface area contributed by atoms with E-state index in [1.807, 2.05) is 6.92 Å². The van der Waals surface area contributed by atoms with E-state index in [1.54, 1.807) is 42.5 Å². The fraction of sp³-hybridized carbons (Fsp3) is 0.130. The molecule has 0 aliphatic carbocycles. The van der Waals surface area contributed by atoms with Crippen LogP contribution in [0.5, 0.6) is 0 Å². The molecule has 0 spiro atoms. The fourth-order valence-corrected chi connectivity index (χ4v) is 3.69. The summed E-state index contributed by atoms with van der Waals surface area (Å²) in [5.41, 5.74) is 0.963. The SMILES string of the molecule is Cc1ccc(/C(O)=C2\C(=O)C(=O)N(Cc3ccco3)C2c2ccccc2[N+](=O)[O-])cc1. The van der Waals surface area contributed by atoms with Crippen LogP contribution in [0.2, 0.25) is 0 Å². The Balaban J connectivity index is 1.93. The van der Waals surface area contributed by atoms with E-state index < -0.39 is 22.7 Å². The molecule has 1 amide bonds. The minimum absolute atomic E-state index is 0.0844. The Morgan fingerprint density at radius 3 is 2.45 bits per heavy atom. The highest BCUT2D eigenvalue weighted by atomic mass is 16.6. The zero-order valence-corrected chi connectivity index (χ0v) is 16.5. The number of aliphatic hydroxyl groups is 1. The first kappa shape index (κ1) is 20.1. The minimum atomic E-state index is -1.15. The van der Waals surface area contributed by atoms with Gasteiger partial charge in [-0.05, 0) is 25.1 Å². The van der Waals surface area contributed by atoms with Crippen molar-refractivity contribution in [2.45, 2.75) is 19.5 Å². The van der Waals surface area contributed by atoms with Gasteiger partial charge in [0.25, 0.3) is 17.4 Å². The van der Waals surface area contributed by atoms with Gasteiger partial charge in [-0.3, -0.25) is 19.7 Å². The molecule has 156 valence electrons. The smallest absolute Gasteiger partial charge is 0.296 e. The lowest BCUT2D eigenvalue weighted by molar-refractivity contribution is -0.385. The summed E-state index contributed by atoms with van der Waals surface area (Å²) in [5, 5.41) is 22.7. The number of Topliss-reactive ketones (excluding diaryl/α,β-unsaturated/α-hetero) is 1. The highest BCUT2D eigenvalue weighted by Crippen LogP contribution is 2.43. The quantitative estimate of drug-likeness (QED) is 0.219. The van der Waals surface area contributed by atoms with Gasteiger partial charge in [0.05, 0.1) is 34.9 Å². The van der Waals surface area contributed by atoms with Crippen LogP contribution in [-0.2, 0) is 16.1 Å². The Kier molecular flexibility index (Phi) is 5.12. The molecule has 1 fully saturated rings. The molecule has 1 atom stereocenters. The van der Waals surface area contributed by atoms with E-state index in [1.165, 1.54) is 29.4 Å². The molecular weight excluding hydrogens is 400 g/mol. The third-order valence-corrected chi connectivity index (χ3v) is 5.20.